The molecule has 2 rings (SSSR count). The molecule has 76 valence electrons. The Hall–Kier alpha value is -1.37. The summed E-state index contributed by atoms with van der Waals surface area (Å²) in [6, 6.07) is 0. The molecule has 14 heavy (non-hydrogen) atoms. The van der Waals surface area contributed by atoms with E-state index >= 15 is 0 Å². The number of aliphatic carboxylic acids is 1. The van der Waals surface area contributed by atoms with Gasteiger partial charge in [-0.1, -0.05) is 0 Å². The lowest BCUT2D eigenvalue weighted by Crippen LogP contribution is -2.30. The highest BCUT2D eigenvalue weighted by atomic mass is 32.2. The Kier molecular flexibility index (Phi) is 1.84. The van der Waals surface area contributed by atoms with Crippen LogP contribution in [0, 0.1) is 5.92 Å². The number of carbonyl (C=O) groups is 1. The molecule has 0 aromatic carbocycles. The highest BCUT2D eigenvalue weighted by Crippen LogP contribution is 2.36. The van der Waals surface area contributed by atoms with E-state index in [9.17, 15) is 13.2 Å². The fourth-order valence-electron chi connectivity index (χ4n) is 1.20. The second-order valence-electron chi connectivity index (χ2n) is 3.23. The second-order valence-corrected chi connectivity index (χ2v) is 4.57. The lowest BCUT2D eigenvalue weighted by atomic mass is 10.2. The monoisotopic (exact) mass is 216 g/mol. The molecular weight excluding hydrogens is 208 g/mol. The zero-order valence-electron chi connectivity index (χ0n) is 7.10. The molecule has 0 unspecified atom stereocenters. The molecule has 0 amide bonds. The van der Waals surface area contributed by atoms with Crippen molar-refractivity contribution < 1.29 is 18.3 Å². The summed E-state index contributed by atoms with van der Waals surface area (Å²) in [5.41, 5.74) is 0.0167. The number of allylic oxidation sites excluding steroid dienone is 1. The van der Waals surface area contributed by atoms with Gasteiger partial charge in [0.05, 0.1) is 0 Å². The lowest BCUT2D eigenvalue weighted by Gasteiger charge is -2.12. The first kappa shape index (κ1) is 9.20. The van der Waals surface area contributed by atoms with Crippen molar-refractivity contribution in [1.82, 2.24) is 4.72 Å². The normalized spacial score (nSPS) is 24.6. The van der Waals surface area contributed by atoms with Gasteiger partial charge in [-0.3, -0.25) is 4.72 Å². The molecule has 1 aliphatic heterocycles. The fourth-order valence-corrected chi connectivity index (χ4v) is 2.16. The Morgan fingerprint density at radius 1 is 1.57 bits per heavy atom. The third-order valence-corrected chi connectivity index (χ3v) is 2.92. The Labute approximate surface area is 80.5 Å². The van der Waals surface area contributed by atoms with Gasteiger partial charge >= 0.3 is 16.2 Å². The molecule has 0 spiro atoms. The number of nitrogens with zero attached hydrogens (tertiary/aromatic N) is 1. The van der Waals surface area contributed by atoms with Crippen LogP contribution in [0.5, 0.6) is 0 Å². The van der Waals surface area contributed by atoms with Crippen molar-refractivity contribution >= 4 is 21.9 Å². The average Bonchev–Trinajstić information content (AvgIpc) is 2.82. The van der Waals surface area contributed by atoms with Crippen LogP contribution in [0.3, 0.4) is 0 Å². The molecule has 0 saturated heterocycles. The van der Waals surface area contributed by atoms with Crippen LogP contribution < -0.4 is 4.72 Å². The van der Waals surface area contributed by atoms with Crippen LogP contribution in [0.1, 0.15) is 12.8 Å². The molecule has 0 bridgehead atoms. The molecule has 1 aliphatic carbocycles. The summed E-state index contributed by atoms with van der Waals surface area (Å²) in [6.07, 6.45) is 3.06. The SMILES string of the molecule is O=C(O)C1=NS(=O)(=O)NC(C2CC2)=C1. The van der Waals surface area contributed by atoms with E-state index in [1.165, 1.54) is 6.08 Å². The number of nitrogens with one attached hydrogen (secondary N) is 1. The Morgan fingerprint density at radius 3 is 2.71 bits per heavy atom. The van der Waals surface area contributed by atoms with E-state index in [0.717, 1.165) is 12.8 Å². The van der Waals surface area contributed by atoms with Gasteiger partial charge in [0.15, 0.2) is 5.71 Å². The van der Waals surface area contributed by atoms with Gasteiger partial charge in [0.2, 0.25) is 0 Å². The second kappa shape index (κ2) is 2.81. The van der Waals surface area contributed by atoms with Crippen molar-refractivity contribution in [2.24, 2.45) is 10.3 Å². The maximum absolute atomic E-state index is 11.1. The van der Waals surface area contributed by atoms with Crippen molar-refractivity contribution in [2.45, 2.75) is 12.8 Å². The van der Waals surface area contributed by atoms with Gasteiger partial charge in [-0.05, 0) is 24.8 Å². The predicted octanol–water partition coefficient (Wildman–Crippen LogP) is -0.346. The zero-order valence-corrected chi connectivity index (χ0v) is 7.91. The predicted molar refractivity (Wildman–Crippen MR) is 47.9 cm³/mol. The van der Waals surface area contributed by atoms with E-state index in [-0.39, 0.29) is 5.92 Å². The number of hydrogen-bond acceptors (Lipinski definition) is 3. The Morgan fingerprint density at radius 2 is 2.21 bits per heavy atom. The van der Waals surface area contributed by atoms with Crippen molar-refractivity contribution in [2.75, 3.05) is 0 Å². The van der Waals surface area contributed by atoms with E-state index in [1.54, 1.807) is 0 Å². The van der Waals surface area contributed by atoms with Crippen LogP contribution in [0.4, 0.5) is 0 Å². The van der Waals surface area contributed by atoms with Crippen molar-refractivity contribution in [1.29, 1.82) is 0 Å². The summed E-state index contributed by atoms with van der Waals surface area (Å²) >= 11 is 0. The standard InChI is InChI=1S/C7H8N2O4S/c10-7(11)6-3-5(4-1-2-4)8-14(12,13)9-6/h3-4,8H,1-2H2,(H,10,11). The van der Waals surface area contributed by atoms with E-state index < -0.39 is 21.9 Å². The van der Waals surface area contributed by atoms with Crippen molar-refractivity contribution in [3.8, 4) is 0 Å². The maximum atomic E-state index is 11.1. The molecular formula is C7H8N2O4S. The largest absolute Gasteiger partial charge is 0.476 e. The molecule has 2 N–H and O–H groups in total. The van der Waals surface area contributed by atoms with Crippen molar-refractivity contribution in [3.05, 3.63) is 11.8 Å². The van der Waals surface area contributed by atoms with Gasteiger partial charge in [0, 0.05) is 5.70 Å². The van der Waals surface area contributed by atoms with Crippen LogP contribution in [0.2, 0.25) is 0 Å². The molecule has 1 heterocycles. The molecule has 7 heteroatoms. The number of hydrogen-bond donors (Lipinski definition) is 2. The molecule has 1 saturated carbocycles. The summed E-state index contributed by atoms with van der Waals surface area (Å²) < 4.78 is 27.5. The molecule has 6 nitrogen and oxygen atoms in total. The smallest absolute Gasteiger partial charge is 0.355 e. The molecule has 0 aromatic rings. The van der Waals surface area contributed by atoms with Crippen LogP contribution in [0.25, 0.3) is 0 Å². The molecule has 0 aromatic heterocycles. The summed E-state index contributed by atoms with van der Waals surface area (Å²) in [7, 11) is -3.84. The van der Waals surface area contributed by atoms with E-state index in [4.69, 9.17) is 5.11 Å². The van der Waals surface area contributed by atoms with Gasteiger partial charge in [-0.15, -0.1) is 4.40 Å². The van der Waals surface area contributed by atoms with Crippen molar-refractivity contribution in [3.63, 3.8) is 0 Å². The third kappa shape index (κ3) is 1.77. The van der Waals surface area contributed by atoms with Gasteiger partial charge in [-0.2, -0.15) is 8.42 Å². The minimum absolute atomic E-state index is 0.148. The first-order valence-electron chi connectivity index (χ1n) is 4.05. The zero-order chi connectivity index (χ0) is 10.3. The van der Waals surface area contributed by atoms with Crippen LogP contribution >= 0.6 is 0 Å². The highest BCUT2D eigenvalue weighted by molar-refractivity contribution is 7.88. The minimum Gasteiger partial charge on any atom is -0.476 e. The highest BCUT2D eigenvalue weighted by Gasteiger charge is 2.32. The van der Waals surface area contributed by atoms with E-state index in [2.05, 4.69) is 9.12 Å². The third-order valence-electron chi connectivity index (χ3n) is 1.99. The fraction of sp³-hybridized carbons (Fsp3) is 0.429. The summed E-state index contributed by atoms with van der Waals surface area (Å²) in [4.78, 5) is 10.6. The average molecular weight is 216 g/mol. The van der Waals surface area contributed by atoms with E-state index in [0.29, 0.717) is 5.70 Å². The summed E-state index contributed by atoms with van der Waals surface area (Å²) in [6.45, 7) is 0. The number of rotatable bonds is 2. The Bertz CT molecular complexity index is 444. The van der Waals surface area contributed by atoms with Gasteiger partial charge < -0.3 is 5.11 Å². The minimum atomic E-state index is -3.84. The summed E-state index contributed by atoms with van der Waals surface area (Å²) in [5.74, 6) is -1.18. The Balaban J connectivity index is 2.39. The summed E-state index contributed by atoms with van der Waals surface area (Å²) in [5, 5.41) is 8.62. The first-order valence-corrected chi connectivity index (χ1v) is 5.49. The lowest BCUT2D eigenvalue weighted by molar-refractivity contribution is -0.129. The first-order chi connectivity index (χ1) is 6.48. The van der Waals surface area contributed by atoms with Gasteiger partial charge in [0.25, 0.3) is 0 Å². The maximum Gasteiger partial charge on any atom is 0.355 e. The molecule has 0 radical (unpaired) electrons. The van der Waals surface area contributed by atoms with Gasteiger partial charge in [0.1, 0.15) is 0 Å². The van der Waals surface area contributed by atoms with Crippen LogP contribution in [-0.4, -0.2) is 25.2 Å². The van der Waals surface area contributed by atoms with Crippen LogP contribution in [-0.2, 0) is 15.0 Å². The molecule has 1 fully saturated rings. The van der Waals surface area contributed by atoms with Gasteiger partial charge in [-0.25, -0.2) is 4.79 Å². The number of carboxylic acids is 1. The topological polar surface area (TPSA) is 95.8 Å². The van der Waals surface area contributed by atoms with E-state index in [1.807, 2.05) is 0 Å². The van der Waals surface area contributed by atoms with Crippen LogP contribution in [0.15, 0.2) is 16.2 Å². The number of carboxylic acid groups (broad SMARTS) is 1. The molecule has 0 atom stereocenters. The molecule has 2 aliphatic rings. The quantitative estimate of drug-likeness (QED) is 0.659.